The number of fused-ring (bicyclic) bond motifs is 1. The van der Waals surface area contributed by atoms with Crippen molar-refractivity contribution in [3.63, 3.8) is 0 Å². The largest absolute Gasteiger partial charge is 0.393 e. The highest BCUT2D eigenvalue weighted by Crippen LogP contribution is 2.56. The van der Waals surface area contributed by atoms with Gasteiger partial charge in [0.25, 0.3) is 0 Å². The van der Waals surface area contributed by atoms with E-state index in [9.17, 15) is 15.3 Å². The van der Waals surface area contributed by atoms with Crippen LogP contribution in [0.25, 0.3) is 0 Å². The lowest BCUT2D eigenvalue weighted by molar-refractivity contribution is 0.00740. The normalized spacial score (nSPS) is 35.8. The van der Waals surface area contributed by atoms with Crippen molar-refractivity contribution in [2.24, 2.45) is 23.2 Å². The Kier molecular flexibility index (Phi) is 7.92. The summed E-state index contributed by atoms with van der Waals surface area (Å²) < 4.78 is 0. The average molecular weight is 431 g/mol. The quantitative estimate of drug-likeness (QED) is 0.458. The van der Waals surface area contributed by atoms with Crippen molar-refractivity contribution in [3.05, 3.63) is 34.9 Å². The summed E-state index contributed by atoms with van der Waals surface area (Å²) in [5.41, 5.74) is 3.37. The fourth-order valence-corrected chi connectivity index (χ4v) is 6.78. The molecule has 0 spiro atoms. The molecule has 31 heavy (non-hydrogen) atoms. The van der Waals surface area contributed by atoms with Crippen LogP contribution in [-0.4, -0.2) is 33.1 Å². The summed E-state index contributed by atoms with van der Waals surface area (Å²) in [4.78, 5) is 0. The molecule has 0 heterocycles. The molecule has 0 unspecified atom stereocenters. The zero-order valence-electron chi connectivity index (χ0n) is 20.5. The van der Waals surface area contributed by atoms with Crippen molar-refractivity contribution in [2.45, 2.75) is 117 Å². The molecule has 6 atom stereocenters. The van der Waals surface area contributed by atoms with E-state index in [1.165, 1.54) is 37.7 Å². The third-order valence-electron chi connectivity index (χ3n) is 8.69. The second kappa shape index (κ2) is 9.93. The Morgan fingerprint density at radius 2 is 1.97 bits per heavy atom. The first-order valence-electron chi connectivity index (χ1n) is 12.7. The molecular formula is C28H46O3. The van der Waals surface area contributed by atoms with Gasteiger partial charge in [-0.05, 0) is 99.2 Å². The Hall–Kier alpha value is -0.900. The van der Waals surface area contributed by atoms with Crippen molar-refractivity contribution in [3.8, 4) is 0 Å². The average Bonchev–Trinajstić information content (AvgIpc) is 2.67. The third kappa shape index (κ3) is 5.92. The van der Waals surface area contributed by atoms with Gasteiger partial charge in [-0.2, -0.15) is 0 Å². The molecule has 0 aliphatic heterocycles. The summed E-state index contributed by atoms with van der Waals surface area (Å²) in [6.45, 7) is 10.8. The van der Waals surface area contributed by atoms with Gasteiger partial charge in [-0.25, -0.2) is 0 Å². The predicted octanol–water partition coefficient (Wildman–Crippen LogP) is 6.09. The summed E-state index contributed by atoms with van der Waals surface area (Å²) in [7, 11) is 0. The standard InChI is InChI=1S/C28H46O3/c1-19(9-7-15-27(3,4)31)24-11-6-12-25-21(10-8-16-28(24,25)5)13-14-22-17-23(29)18-26(30)20(22)2/h10,13-14,19,23-26,29-31H,6-9,11-12,15-18H2,1-5H3/b14-13-/t19-,23-,24-,25+,26+,28-/m1/s1. The SMILES string of the molecule is CC1=C(/C=C\C2=CCC[C@]3(C)[C@@H]([C@H](C)CCCC(C)(C)O)CCC[C@@H]23)C[C@@H](O)C[C@@H]1O. The topological polar surface area (TPSA) is 60.7 Å². The molecule has 0 aromatic carbocycles. The van der Waals surface area contributed by atoms with Crippen molar-refractivity contribution in [1.29, 1.82) is 0 Å². The monoisotopic (exact) mass is 430 g/mol. The fraction of sp³-hybridized carbons (Fsp3) is 0.786. The molecule has 0 amide bonds. The van der Waals surface area contributed by atoms with Crippen LogP contribution >= 0.6 is 0 Å². The van der Waals surface area contributed by atoms with Gasteiger partial charge in [0.15, 0.2) is 0 Å². The van der Waals surface area contributed by atoms with E-state index in [0.717, 1.165) is 36.3 Å². The molecule has 3 nitrogen and oxygen atoms in total. The molecule has 0 saturated heterocycles. The van der Waals surface area contributed by atoms with Crippen molar-refractivity contribution in [2.75, 3.05) is 0 Å². The molecule has 0 aromatic rings. The van der Waals surface area contributed by atoms with Crippen LogP contribution in [0.3, 0.4) is 0 Å². The van der Waals surface area contributed by atoms with Gasteiger partial charge in [0.2, 0.25) is 0 Å². The molecule has 1 fully saturated rings. The van der Waals surface area contributed by atoms with E-state index in [2.05, 4.69) is 32.1 Å². The molecule has 1 saturated carbocycles. The Bertz CT molecular complexity index is 710. The van der Waals surface area contributed by atoms with Crippen LogP contribution in [0.2, 0.25) is 0 Å². The van der Waals surface area contributed by atoms with E-state index >= 15 is 0 Å². The van der Waals surface area contributed by atoms with E-state index in [0.29, 0.717) is 30.1 Å². The van der Waals surface area contributed by atoms with E-state index in [1.807, 2.05) is 20.8 Å². The Morgan fingerprint density at radius 1 is 1.23 bits per heavy atom. The Balaban J connectivity index is 1.72. The molecule has 0 aromatic heterocycles. The van der Waals surface area contributed by atoms with Gasteiger partial charge in [0.05, 0.1) is 17.8 Å². The van der Waals surface area contributed by atoms with E-state index in [-0.39, 0.29) is 0 Å². The first kappa shape index (κ1) is 24.7. The summed E-state index contributed by atoms with van der Waals surface area (Å²) >= 11 is 0. The van der Waals surface area contributed by atoms with E-state index < -0.39 is 17.8 Å². The minimum atomic E-state index is -0.558. The van der Waals surface area contributed by atoms with Crippen LogP contribution < -0.4 is 0 Å². The van der Waals surface area contributed by atoms with Crippen molar-refractivity contribution in [1.82, 2.24) is 0 Å². The lowest BCUT2D eigenvalue weighted by Crippen LogP contribution is -2.44. The van der Waals surface area contributed by atoms with Crippen LogP contribution in [0.1, 0.15) is 98.8 Å². The van der Waals surface area contributed by atoms with Crippen LogP contribution in [0.4, 0.5) is 0 Å². The number of hydrogen-bond acceptors (Lipinski definition) is 3. The minimum absolute atomic E-state index is 0.343. The fourth-order valence-electron chi connectivity index (χ4n) is 6.78. The lowest BCUT2D eigenvalue weighted by atomic mass is 9.52. The summed E-state index contributed by atoms with van der Waals surface area (Å²) in [5, 5.41) is 30.4. The first-order chi connectivity index (χ1) is 14.5. The zero-order valence-corrected chi connectivity index (χ0v) is 20.5. The number of hydrogen-bond donors (Lipinski definition) is 3. The summed E-state index contributed by atoms with van der Waals surface area (Å²) in [6, 6.07) is 0. The lowest BCUT2D eigenvalue weighted by Gasteiger charge is -2.52. The highest BCUT2D eigenvalue weighted by atomic mass is 16.3. The summed E-state index contributed by atoms with van der Waals surface area (Å²) in [5.74, 6) is 2.03. The maximum absolute atomic E-state index is 10.2. The van der Waals surface area contributed by atoms with Gasteiger partial charge in [-0.3, -0.25) is 0 Å². The molecule has 3 N–H and O–H groups in total. The third-order valence-corrected chi connectivity index (χ3v) is 8.69. The number of aliphatic hydroxyl groups is 3. The smallest absolute Gasteiger partial charge is 0.0777 e. The molecule has 3 aliphatic carbocycles. The predicted molar refractivity (Wildman–Crippen MR) is 129 cm³/mol. The number of allylic oxidation sites excluding steroid dienone is 4. The molecule has 3 aliphatic rings. The maximum Gasteiger partial charge on any atom is 0.0777 e. The van der Waals surface area contributed by atoms with Crippen LogP contribution in [0.5, 0.6) is 0 Å². The van der Waals surface area contributed by atoms with Gasteiger partial charge < -0.3 is 15.3 Å². The van der Waals surface area contributed by atoms with Gasteiger partial charge in [0.1, 0.15) is 0 Å². The van der Waals surface area contributed by atoms with Crippen molar-refractivity contribution < 1.29 is 15.3 Å². The Morgan fingerprint density at radius 3 is 2.68 bits per heavy atom. The summed E-state index contributed by atoms with van der Waals surface area (Å²) in [6.07, 6.45) is 16.6. The molecule has 176 valence electrons. The van der Waals surface area contributed by atoms with Crippen LogP contribution in [0.15, 0.2) is 34.9 Å². The van der Waals surface area contributed by atoms with Gasteiger partial charge in [-0.15, -0.1) is 0 Å². The van der Waals surface area contributed by atoms with E-state index in [4.69, 9.17) is 0 Å². The van der Waals surface area contributed by atoms with Gasteiger partial charge >= 0.3 is 0 Å². The molecule has 0 bridgehead atoms. The highest BCUT2D eigenvalue weighted by Gasteiger charge is 2.47. The second-order valence-electron chi connectivity index (χ2n) is 11.7. The molecule has 0 radical (unpaired) electrons. The van der Waals surface area contributed by atoms with Gasteiger partial charge in [0, 0.05) is 6.42 Å². The van der Waals surface area contributed by atoms with Crippen molar-refractivity contribution >= 4 is 0 Å². The Labute approximate surface area is 190 Å². The number of rotatable bonds is 7. The molecular weight excluding hydrogens is 384 g/mol. The van der Waals surface area contributed by atoms with Gasteiger partial charge in [-0.1, -0.05) is 51.3 Å². The van der Waals surface area contributed by atoms with E-state index in [1.54, 1.807) is 0 Å². The first-order valence-corrected chi connectivity index (χ1v) is 12.7. The molecule has 3 rings (SSSR count). The molecule has 3 heteroatoms. The highest BCUT2D eigenvalue weighted by molar-refractivity contribution is 5.37. The zero-order chi connectivity index (χ0) is 22.8. The maximum atomic E-state index is 10.2. The van der Waals surface area contributed by atoms with Crippen LogP contribution in [-0.2, 0) is 0 Å². The number of aliphatic hydroxyl groups excluding tert-OH is 2. The minimum Gasteiger partial charge on any atom is -0.393 e. The second-order valence-corrected chi connectivity index (χ2v) is 11.7. The van der Waals surface area contributed by atoms with Crippen LogP contribution in [0, 0.1) is 23.2 Å².